The van der Waals surface area contributed by atoms with Gasteiger partial charge in [0.25, 0.3) is 0 Å². The number of ketones is 1. The number of pyridine rings is 1. The maximum absolute atomic E-state index is 11.3. The van der Waals surface area contributed by atoms with Crippen molar-refractivity contribution in [2.24, 2.45) is 0 Å². The van der Waals surface area contributed by atoms with Crippen LogP contribution in [0.15, 0.2) is 18.5 Å². The molecule has 0 N–H and O–H groups in total. The predicted octanol–water partition coefficient (Wildman–Crippen LogP) is 1.36. The van der Waals surface area contributed by atoms with E-state index < -0.39 is 0 Å². The van der Waals surface area contributed by atoms with Crippen LogP contribution in [0.5, 0.6) is 0 Å². The largest absolute Gasteiger partial charge is 0.376 e. The van der Waals surface area contributed by atoms with Gasteiger partial charge in [0.15, 0.2) is 5.78 Å². The second-order valence-electron chi connectivity index (χ2n) is 2.81. The molecule has 0 fully saturated rings. The van der Waals surface area contributed by atoms with Crippen LogP contribution in [0.3, 0.4) is 0 Å². The van der Waals surface area contributed by atoms with Crippen molar-refractivity contribution in [3.05, 3.63) is 29.6 Å². The summed E-state index contributed by atoms with van der Waals surface area (Å²) >= 11 is 0. The molecule has 1 aromatic rings. The van der Waals surface area contributed by atoms with E-state index in [0.717, 1.165) is 5.56 Å². The maximum Gasteiger partial charge on any atom is 0.167 e. The fourth-order valence-corrected chi connectivity index (χ4v) is 1.52. The summed E-state index contributed by atoms with van der Waals surface area (Å²) in [7, 11) is 1.62. The van der Waals surface area contributed by atoms with E-state index in [1.807, 2.05) is 6.07 Å². The Balaban J connectivity index is 2.50. The number of carbonyl (C=O) groups is 1. The van der Waals surface area contributed by atoms with Crippen molar-refractivity contribution in [1.82, 2.24) is 4.98 Å². The van der Waals surface area contributed by atoms with Crippen molar-refractivity contribution in [2.45, 2.75) is 12.5 Å². The molecule has 0 saturated carbocycles. The second kappa shape index (κ2) is 2.68. The summed E-state index contributed by atoms with van der Waals surface area (Å²) in [6, 6.07) is 1.84. The van der Waals surface area contributed by atoms with Gasteiger partial charge in [-0.05, 0) is 11.6 Å². The first-order valence-corrected chi connectivity index (χ1v) is 3.83. The number of ether oxygens (including phenoxy) is 1. The number of hydrogen-bond donors (Lipinski definition) is 0. The van der Waals surface area contributed by atoms with Crippen LogP contribution in [0.1, 0.15) is 28.4 Å². The molecule has 0 radical (unpaired) electrons. The number of fused-ring (bicyclic) bond motifs is 1. The van der Waals surface area contributed by atoms with Crippen molar-refractivity contribution < 1.29 is 9.53 Å². The van der Waals surface area contributed by atoms with E-state index in [4.69, 9.17) is 4.74 Å². The molecule has 2 rings (SSSR count). The van der Waals surface area contributed by atoms with Crippen LogP contribution in [0.4, 0.5) is 0 Å². The highest BCUT2D eigenvalue weighted by Crippen LogP contribution is 2.32. The molecule has 0 aliphatic heterocycles. The number of carbonyl (C=O) groups excluding carboxylic acids is 1. The van der Waals surface area contributed by atoms with Gasteiger partial charge in [-0.15, -0.1) is 0 Å². The molecule has 3 heteroatoms. The molecule has 0 amide bonds. The van der Waals surface area contributed by atoms with Crippen molar-refractivity contribution in [3.63, 3.8) is 0 Å². The number of methoxy groups -OCH3 is 1. The van der Waals surface area contributed by atoms with Gasteiger partial charge in [-0.3, -0.25) is 9.78 Å². The Morgan fingerprint density at radius 1 is 1.67 bits per heavy atom. The van der Waals surface area contributed by atoms with E-state index in [1.54, 1.807) is 19.5 Å². The Hall–Kier alpha value is -1.22. The lowest BCUT2D eigenvalue weighted by Gasteiger charge is -2.06. The molecule has 3 nitrogen and oxygen atoms in total. The second-order valence-corrected chi connectivity index (χ2v) is 2.81. The number of aromatic nitrogens is 1. The summed E-state index contributed by atoms with van der Waals surface area (Å²) in [6.07, 6.45) is 3.69. The summed E-state index contributed by atoms with van der Waals surface area (Å²) in [5.41, 5.74) is 1.68. The molecule has 0 saturated heterocycles. The van der Waals surface area contributed by atoms with Gasteiger partial charge < -0.3 is 4.74 Å². The Bertz CT molecular complexity index is 322. The molecule has 1 aliphatic carbocycles. The van der Waals surface area contributed by atoms with E-state index in [2.05, 4.69) is 4.98 Å². The lowest BCUT2D eigenvalue weighted by Crippen LogP contribution is -1.95. The molecular weight excluding hydrogens is 154 g/mol. The minimum absolute atomic E-state index is 0.0597. The molecule has 62 valence electrons. The quantitative estimate of drug-likeness (QED) is 0.627. The van der Waals surface area contributed by atoms with Crippen molar-refractivity contribution in [2.75, 3.05) is 7.11 Å². The molecule has 12 heavy (non-hydrogen) atoms. The van der Waals surface area contributed by atoms with Gasteiger partial charge >= 0.3 is 0 Å². The third-order valence-corrected chi connectivity index (χ3v) is 2.16. The lowest BCUT2D eigenvalue weighted by atomic mass is 10.2. The molecule has 1 atom stereocenters. The van der Waals surface area contributed by atoms with Gasteiger partial charge in [0.05, 0.1) is 6.10 Å². The van der Waals surface area contributed by atoms with Gasteiger partial charge in [-0.1, -0.05) is 0 Å². The summed E-state index contributed by atoms with van der Waals surface area (Å²) < 4.78 is 5.16. The van der Waals surface area contributed by atoms with Crippen LogP contribution in [0.25, 0.3) is 0 Å². The van der Waals surface area contributed by atoms with E-state index in [-0.39, 0.29) is 11.9 Å². The van der Waals surface area contributed by atoms with Crippen LogP contribution < -0.4 is 0 Å². The van der Waals surface area contributed by atoms with Gasteiger partial charge in [-0.2, -0.15) is 0 Å². The Morgan fingerprint density at radius 3 is 3.25 bits per heavy atom. The van der Waals surface area contributed by atoms with Crippen LogP contribution >= 0.6 is 0 Å². The number of nitrogens with zero attached hydrogens (tertiary/aromatic N) is 1. The van der Waals surface area contributed by atoms with Crippen molar-refractivity contribution in [1.29, 1.82) is 0 Å². The highest BCUT2D eigenvalue weighted by molar-refractivity contribution is 6.00. The van der Waals surface area contributed by atoms with Gasteiger partial charge in [0.2, 0.25) is 0 Å². The molecule has 0 aromatic carbocycles. The minimum atomic E-state index is -0.0597. The third-order valence-electron chi connectivity index (χ3n) is 2.16. The highest BCUT2D eigenvalue weighted by Gasteiger charge is 2.28. The highest BCUT2D eigenvalue weighted by atomic mass is 16.5. The van der Waals surface area contributed by atoms with E-state index in [0.29, 0.717) is 12.0 Å². The fourth-order valence-electron chi connectivity index (χ4n) is 1.52. The fraction of sp³-hybridized carbons (Fsp3) is 0.333. The van der Waals surface area contributed by atoms with E-state index in [1.165, 1.54) is 0 Å². The van der Waals surface area contributed by atoms with Crippen molar-refractivity contribution in [3.8, 4) is 0 Å². The first kappa shape index (κ1) is 7.43. The SMILES string of the molecule is COC1CC(=O)c2cnccc21. The smallest absolute Gasteiger partial charge is 0.167 e. The first-order chi connectivity index (χ1) is 5.83. The molecule has 0 bridgehead atoms. The number of Topliss-reactive ketones (excluding diaryl/α,β-unsaturated/α-hetero) is 1. The Kier molecular flexibility index (Phi) is 1.66. The minimum Gasteiger partial charge on any atom is -0.376 e. The summed E-state index contributed by atoms with van der Waals surface area (Å²) in [6.45, 7) is 0. The molecule has 1 unspecified atom stereocenters. The van der Waals surface area contributed by atoms with Gasteiger partial charge in [-0.25, -0.2) is 0 Å². The summed E-state index contributed by atoms with van der Waals surface area (Å²) in [4.78, 5) is 15.2. The average molecular weight is 163 g/mol. The lowest BCUT2D eigenvalue weighted by molar-refractivity contribution is 0.0812. The molecule has 1 heterocycles. The Morgan fingerprint density at radius 2 is 2.50 bits per heavy atom. The van der Waals surface area contributed by atoms with Gasteiger partial charge in [0, 0.05) is 31.5 Å². The van der Waals surface area contributed by atoms with Crippen LogP contribution in [0.2, 0.25) is 0 Å². The monoisotopic (exact) mass is 163 g/mol. The summed E-state index contributed by atoms with van der Waals surface area (Å²) in [5.74, 6) is 0.130. The van der Waals surface area contributed by atoms with E-state index >= 15 is 0 Å². The van der Waals surface area contributed by atoms with Crippen molar-refractivity contribution >= 4 is 5.78 Å². The summed E-state index contributed by atoms with van der Waals surface area (Å²) in [5, 5.41) is 0. The topological polar surface area (TPSA) is 39.2 Å². The number of hydrogen-bond acceptors (Lipinski definition) is 3. The molecule has 0 spiro atoms. The zero-order valence-corrected chi connectivity index (χ0v) is 6.78. The first-order valence-electron chi connectivity index (χ1n) is 3.83. The predicted molar refractivity (Wildman–Crippen MR) is 42.9 cm³/mol. The average Bonchev–Trinajstić information content (AvgIpc) is 2.44. The zero-order chi connectivity index (χ0) is 8.55. The normalized spacial score (nSPS) is 21.1. The van der Waals surface area contributed by atoms with Crippen LogP contribution in [0, 0.1) is 0 Å². The van der Waals surface area contributed by atoms with E-state index in [9.17, 15) is 4.79 Å². The van der Waals surface area contributed by atoms with Gasteiger partial charge in [0.1, 0.15) is 0 Å². The number of rotatable bonds is 1. The van der Waals surface area contributed by atoms with Crippen LogP contribution in [-0.4, -0.2) is 17.9 Å². The van der Waals surface area contributed by atoms with Crippen LogP contribution in [-0.2, 0) is 4.74 Å². The molecular formula is C9H9NO2. The maximum atomic E-state index is 11.3. The molecule has 1 aliphatic rings. The molecule has 1 aromatic heterocycles. The Labute approximate surface area is 70.4 Å². The zero-order valence-electron chi connectivity index (χ0n) is 6.78. The third kappa shape index (κ3) is 0.940. The standard InChI is InChI=1S/C9H9NO2/c1-12-9-4-8(11)7-5-10-3-2-6(7)9/h2-3,5,9H,4H2,1H3.